The highest BCUT2D eigenvalue weighted by atomic mass is 35.5. The van der Waals surface area contributed by atoms with Crippen molar-refractivity contribution in [3.63, 3.8) is 0 Å². The molecule has 0 aliphatic rings. The standard InChI is InChI=1S/C12H18ClNO/c1-8(2)12(14-3)10-6-5-9(15-4)7-11(10)13/h5-8,12,14H,1-4H3. The summed E-state index contributed by atoms with van der Waals surface area (Å²) in [5.41, 5.74) is 1.12. The average molecular weight is 228 g/mol. The normalized spacial score (nSPS) is 12.9. The summed E-state index contributed by atoms with van der Waals surface area (Å²) in [5.74, 6) is 1.29. The third-order valence-corrected chi connectivity index (χ3v) is 2.85. The molecule has 0 aliphatic carbocycles. The molecule has 0 saturated heterocycles. The van der Waals surface area contributed by atoms with Crippen LogP contribution in [0.4, 0.5) is 0 Å². The van der Waals surface area contributed by atoms with Gasteiger partial charge in [0, 0.05) is 11.1 Å². The van der Waals surface area contributed by atoms with Crippen LogP contribution in [0.3, 0.4) is 0 Å². The van der Waals surface area contributed by atoms with Crippen molar-refractivity contribution in [2.45, 2.75) is 19.9 Å². The predicted octanol–water partition coefficient (Wildman–Crippen LogP) is 3.27. The summed E-state index contributed by atoms with van der Waals surface area (Å²) < 4.78 is 5.12. The molecule has 0 aliphatic heterocycles. The van der Waals surface area contributed by atoms with Gasteiger partial charge in [-0.1, -0.05) is 31.5 Å². The first-order valence-electron chi connectivity index (χ1n) is 5.10. The number of rotatable bonds is 4. The molecule has 3 heteroatoms. The number of methoxy groups -OCH3 is 1. The number of halogens is 1. The van der Waals surface area contributed by atoms with E-state index in [1.165, 1.54) is 0 Å². The molecular formula is C12H18ClNO. The van der Waals surface area contributed by atoms with Gasteiger partial charge < -0.3 is 10.1 Å². The van der Waals surface area contributed by atoms with Crippen LogP contribution in [0.25, 0.3) is 0 Å². The Morgan fingerprint density at radius 1 is 1.33 bits per heavy atom. The SMILES string of the molecule is CNC(c1ccc(OC)cc1Cl)C(C)C. The number of benzene rings is 1. The molecule has 0 bridgehead atoms. The van der Waals surface area contributed by atoms with E-state index in [2.05, 4.69) is 19.2 Å². The molecule has 1 aromatic carbocycles. The zero-order valence-corrected chi connectivity index (χ0v) is 10.4. The van der Waals surface area contributed by atoms with Crippen molar-refractivity contribution >= 4 is 11.6 Å². The summed E-state index contributed by atoms with van der Waals surface area (Å²) in [6.45, 7) is 4.34. The van der Waals surface area contributed by atoms with Crippen molar-refractivity contribution in [1.82, 2.24) is 5.32 Å². The fraction of sp³-hybridized carbons (Fsp3) is 0.500. The molecule has 0 heterocycles. The summed E-state index contributed by atoms with van der Waals surface area (Å²) in [6.07, 6.45) is 0. The fourth-order valence-corrected chi connectivity index (χ4v) is 2.02. The van der Waals surface area contributed by atoms with Crippen LogP contribution in [0, 0.1) is 5.92 Å². The highest BCUT2D eigenvalue weighted by Crippen LogP contribution is 2.30. The minimum Gasteiger partial charge on any atom is -0.497 e. The lowest BCUT2D eigenvalue weighted by atomic mass is 9.96. The highest BCUT2D eigenvalue weighted by molar-refractivity contribution is 6.31. The fourth-order valence-electron chi connectivity index (χ4n) is 1.74. The third-order valence-electron chi connectivity index (χ3n) is 2.52. The smallest absolute Gasteiger partial charge is 0.120 e. The van der Waals surface area contributed by atoms with Crippen LogP contribution in [0.2, 0.25) is 5.02 Å². The topological polar surface area (TPSA) is 21.3 Å². The Hall–Kier alpha value is -0.730. The summed E-state index contributed by atoms with van der Waals surface area (Å²) >= 11 is 6.21. The molecule has 0 saturated carbocycles. The molecule has 0 aromatic heterocycles. The van der Waals surface area contributed by atoms with Crippen LogP contribution in [-0.2, 0) is 0 Å². The molecule has 1 atom stereocenters. The summed E-state index contributed by atoms with van der Waals surface area (Å²) in [5, 5.41) is 4.02. The second-order valence-corrected chi connectivity index (χ2v) is 4.31. The van der Waals surface area contributed by atoms with Gasteiger partial charge in [0.15, 0.2) is 0 Å². The van der Waals surface area contributed by atoms with Gasteiger partial charge in [-0.15, -0.1) is 0 Å². The molecule has 1 rings (SSSR count). The molecule has 1 N–H and O–H groups in total. The zero-order valence-electron chi connectivity index (χ0n) is 9.67. The largest absolute Gasteiger partial charge is 0.497 e. The first-order valence-corrected chi connectivity index (χ1v) is 5.48. The lowest BCUT2D eigenvalue weighted by molar-refractivity contribution is 0.412. The molecule has 0 fully saturated rings. The number of ether oxygens (including phenoxy) is 1. The minimum absolute atomic E-state index is 0.281. The van der Waals surface area contributed by atoms with Gasteiger partial charge >= 0.3 is 0 Å². The number of hydrogen-bond donors (Lipinski definition) is 1. The summed E-state index contributed by atoms with van der Waals surface area (Å²) in [4.78, 5) is 0. The molecule has 2 nitrogen and oxygen atoms in total. The van der Waals surface area contributed by atoms with E-state index < -0.39 is 0 Å². The van der Waals surface area contributed by atoms with Crippen molar-refractivity contribution in [2.24, 2.45) is 5.92 Å². The van der Waals surface area contributed by atoms with E-state index in [1.807, 2.05) is 25.2 Å². The highest BCUT2D eigenvalue weighted by Gasteiger charge is 2.16. The van der Waals surface area contributed by atoms with Crippen molar-refractivity contribution in [3.8, 4) is 5.75 Å². The number of nitrogens with one attached hydrogen (secondary N) is 1. The molecule has 84 valence electrons. The van der Waals surface area contributed by atoms with Gasteiger partial charge in [0.05, 0.1) is 7.11 Å². The second-order valence-electron chi connectivity index (χ2n) is 3.90. The molecule has 0 amide bonds. The Labute approximate surface area is 96.6 Å². The average Bonchev–Trinajstić information content (AvgIpc) is 2.20. The van der Waals surface area contributed by atoms with Crippen LogP contribution < -0.4 is 10.1 Å². The Kier molecular flexibility index (Phi) is 4.43. The molecule has 1 aromatic rings. The van der Waals surface area contributed by atoms with E-state index in [4.69, 9.17) is 16.3 Å². The molecule has 1 unspecified atom stereocenters. The third kappa shape index (κ3) is 2.86. The summed E-state index contributed by atoms with van der Waals surface area (Å²) in [7, 11) is 3.59. The molecule has 15 heavy (non-hydrogen) atoms. The van der Waals surface area contributed by atoms with E-state index in [9.17, 15) is 0 Å². The Morgan fingerprint density at radius 2 is 2.00 bits per heavy atom. The quantitative estimate of drug-likeness (QED) is 0.853. The van der Waals surface area contributed by atoms with E-state index in [0.717, 1.165) is 16.3 Å². The lowest BCUT2D eigenvalue weighted by Gasteiger charge is -2.22. The predicted molar refractivity (Wildman–Crippen MR) is 64.6 cm³/mol. The number of hydrogen-bond acceptors (Lipinski definition) is 2. The monoisotopic (exact) mass is 227 g/mol. The molecule has 0 radical (unpaired) electrons. The molecule has 0 spiro atoms. The van der Waals surface area contributed by atoms with Crippen molar-refractivity contribution in [1.29, 1.82) is 0 Å². The molecular weight excluding hydrogens is 210 g/mol. The lowest BCUT2D eigenvalue weighted by Crippen LogP contribution is -2.21. The van der Waals surface area contributed by atoms with Gasteiger partial charge in [-0.05, 0) is 30.7 Å². The van der Waals surface area contributed by atoms with Crippen molar-refractivity contribution in [2.75, 3.05) is 14.2 Å². The maximum atomic E-state index is 6.21. The maximum Gasteiger partial charge on any atom is 0.120 e. The van der Waals surface area contributed by atoms with Gasteiger partial charge in [-0.3, -0.25) is 0 Å². The van der Waals surface area contributed by atoms with E-state index in [0.29, 0.717) is 5.92 Å². The first kappa shape index (κ1) is 12.3. The van der Waals surface area contributed by atoms with Crippen molar-refractivity contribution < 1.29 is 4.74 Å². The zero-order chi connectivity index (χ0) is 11.4. The second kappa shape index (κ2) is 5.38. The Bertz CT molecular complexity index is 325. The van der Waals surface area contributed by atoms with Gasteiger partial charge in [0.2, 0.25) is 0 Å². The van der Waals surface area contributed by atoms with Gasteiger partial charge in [-0.2, -0.15) is 0 Å². The van der Waals surface area contributed by atoms with Gasteiger partial charge in [-0.25, -0.2) is 0 Å². The van der Waals surface area contributed by atoms with Crippen LogP contribution in [0.5, 0.6) is 5.75 Å². The van der Waals surface area contributed by atoms with Crippen LogP contribution >= 0.6 is 11.6 Å². The first-order chi connectivity index (χ1) is 7.10. The maximum absolute atomic E-state index is 6.21. The van der Waals surface area contributed by atoms with Crippen molar-refractivity contribution in [3.05, 3.63) is 28.8 Å². The minimum atomic E-state index is 0.281. The van der Waals surface area contributed by atoms with Crippen LogP contribution in [0.15, 0.2) is 18.2 Å². The van der Waals surface area contributed by atoms with E-state index in [-0.39, 0.29) is 6.04 Å². The van der Waals surface area contributed by atoms with Crippen LogP contribution in [-0.4, -0.2) is 14.2 Å². The van der Waals surface area contributed by atoms with E-state index in [1.54, 1.807) is 7.11 Å². The summed E-state index contributed by atoms with van der Waals surface area (Å²) in [6, 6.07) is 6.09. The Balaban J connectivity index is 3.03. The Morgan fingerprint density at radius 3 is 2.40 bits per heavy atom. The van der Waals surface area contributed by atoms with E-state index >= 15 is 0 Å². The van der Waals surface area contributed by atoms with Gasteiger partial charge in [0.1, 0.15) is 5.75 Å². The van der Waals surface area contributed by atoms with Gasteiger partial charge in [0.25, 0.3) is 0 Å². The van der Waals surface area contributed by atoms with Crippen LogP contribution in [0.1, 0.15) is 25.5 Å².